The number of ether oxygens (including phenoxy) is 1. The quantitative estimate of drug-likeness (QED) is 0.782. The zero-order chi connectivity index (χ0) is 12.2. The molecule has 0 aromatic carbocycles. The van der Waals surface area contributed by atoms with Gasteiger partial charge in [0.25, 0.3) is 0 Å². The molecule has 0 bridgehead atoms. The second-order valence-electron chi connectivity index (χ2n) is 5.31. The maximum Gasteiger partial charge on any atom is 0.0777 e. The molecular formula is C13H28N2O. The molecule has 1 aliphatic heterocycles. The Bertz CT molecular complexity index is 208. The summed E-state index contributed by atoms with van der Waals surface area (Å²) in [6.07, 6.45) is 4.62. The van der Waals surface area contributed by atoms with Crippen LogP contribution in [-0.2, 0) is 4.74 Å². The molecule has 0 amide bonds. The summed E-state index contributed by atoms with van der Waals surface area (Å²) in [6.45, 7) is 9.63. The lowest BCUT2D eigenvalue weighted by atomic mass is 9.85. The second-order valence-corrected chi connectivity index (χ2v) is 5.31. The lowest BCUT2D eigenvalue weighted by molar-refractivity contribution is -0.0817. The summed E-state index contributed by atoms with van der Waals surface area (Å²) in [5.41, 5.74) is 6.20. The predicted octanol–water partition coefficient (Wildman–Crippen LogP) is 2.00. The molecule has 3 nitrogen and oxygen atoms in total. The molecule has 1 fully saturated rings. The third kappa shape index (κ3) is 2.58. The van der Waals surface area contributed by atoms with Crippen LogP contribution in [0.5, 0.6) is 0 Å². The number of hydrogen-bond donors (Lipinski definition) is 1. The summed E-state index contributed by atoms with van der Waals surface area (Å²) in [5, 5.41) is 0. The smallest absolute Gasteiger partial charge is 0.0777 e. The molecule has 0 aromatic heterocycles. The van der Waals surface area contributed by atoms with E-state index in [0.29, 0.717) is 0 Å². The van der Waals surface area contributed by atoms with E-state index in [1.165, 1.54) is 6.42 Å². The molecule has 1 unspecified atom stereocenters. The van der Waals surface area contributed by atoms with Gasteiger partial charge in [-0.2, -0.15) is 0 Å². The monoisotopic (exact) mass is 228 g/mol. The molecule has 16 heavy (non-hydrogen) atoms. The minimum Gasteiger partial charge on any atom is -0.377 e. The zero-order valence-corrected chi connectivity index (χ0v) is 11.4. The van der Waals surface area contributed by atoms with Gasteiger partial charge in [-0.3, -0.25) is 4.90 Å². The van der Waals surface area contributed by atoms with Crippen LogP contribution in [0.15, 0.2) is 0 Å². The van der Waals surface area contributed by atoms with Crippen LogP contribution in [0.1, 0.15) is 46.5 Å². The van der Waals surface area contributed by atoms with Gasteiger partial charge in [0.1, 0.15) is 0 Å². The maximum absolute atomic E-state index is 6.01. The van der Waals surface area contributed by atoms with Crippen molar-refractivity contribution in [2.75, 3.05) is 26.7 Å². The fraction of sp³-hybridized carbons (Fsp3) is 1.00. The van der Waals surface area contributed by atoms with Crippen molar-refractivity contribution in [3.8, 4) is 0 Å². The van der Waals surface area contributed by atoms with E-state index in [1.54, 1.807) is 0 Å². The zero-order valence-electron chi connectivity index (χ0n) is 11.4. The Kier molecular flexibility index (Phi) is 4.77. The van der Waals surface area contributed by atoms with Crippen LogP contribution in [0.2, 0.25) is 0 Å². The first-order chi connectivity index (χ1) is 7.55. The summed E-state index contributed by atoms with van der Waals surface area (Å²) >= 11 is 0. The number of methoxy groups -OCH3 is 1. The summed E-state index contributed by atoms with van der Waals surface area (Å²) < 4.78 is 5.66. The van der Waals surface area contributed by atoms with Crippen molar-refractivity contribution in [1.29, 1.82) is 0 Å². The van der Waals surface area contributed by atoms with E-state index in [4.69, 9.17) is 10.5 Å². The largest absolute Gasteiger partial charge is 0.377 e. The Hall–Kier alpha value is -0.120. The molecule has 3 heteroatoms. The van der Waals surface area contributed by atoms with Crippen molar-refractivity contribution >= 4 is 0 Å². The van der Waals surface area contributed by atoms with Crippen LogP contribution in [0.25, 0.3) is 0 Å². The molecule has 0 aromatic rings. The molecule has 1 rings (SSSR count). The van der Waals surface area contributed by atoms with E-state index in [1.807, 2.05) is 7.11 Å². The first-order valence-electron chi connectivity index (χ1n) is 6.56. The van der Waals surface area contributed by atoms with Crippen LogP contribution in [-0.4, -0.2) is 42.8 Å². The Morgan fingerprint density at radius 3 is 2.44 bits per heavy atom. The Balaban J connectivity index is 2.78. The Morgan fingerprint density at radius 2 is 2.00 bits per heavy atom. The third-order valence-electron chi connectivity index (χ3n) is 4.52. The fourth-order valence-electron chi connectivity index (χ4n) is 2.89. The van der Waals surface area contributed by atoms with Gasteiger partial charge in [0, 0.05) is 25.7 Å². The molecule has 1 aliphatic rings. The molecule has 0 radical (unpaired) electrons. The lowest BCUT2D eigenvalue weighted by Crippen LogP contribution is -2.60. The molecule has 1 heterocycles. The van der Waals surface area contributed by atoms with Crippen molar-refractivity contribution in [2.24, 2.45) is 5.73 Å². The van der Waals surface area contributed by atoms with Gasteiger partial charge in [0.15, 0.2) is 0 Å². The van der Waals surface area contributed by atoms with Gasteiger partial charge < -0.3 is 10.5 Å². The number of hydrogen-bond acceptors (Lipinski definition) is 3. The fourth-order valence-corrected chi connectivity index (χ4v) is 2.89. The van der Waals surface area contributed by atoms with Gasteiger partial charge in [-0.05, 0) is 39.2 Å². The van der Waals surface area contributed by atoms with Gasteiger partial charge in [-0.15, -0.1) is 0 Å². The summed E-state index contributed by atoms with van der Waals surface area (Å²) in [7, 11) is 1.82. The van der Waals surface area contributed by atoms with E-state index in [2.05, 4.69) is 25.7 Å². The van der Waals surface area contributed by atoms with Crippen molar-refractivity contribution in [3.05, 3.63) is 0 Å². The van der Waals surface area contributed by atoms with Crippen LogP contribution in [0, 0.1) is 0 Å². The molecule has 2 N–H and O–H groups in total. The highest BCUT2D eigenvalue weighted by Crippen LogP contribution is 2.31. The first kappa shape index (κ1) is 13.9. The molecule has 0 spiro atoms. The van der Waals surface area contributed by atoms with E-state index in [9.17, 15) is 0 Å². The average Bonchev–Trinajstić information content (AvgIpc) is 2.32. The maximum atomic E-state index is 6.01. The van der Waals surface area contributed by atoms with Gasteiger partial charge in [0.05, 0.1) is 5.60 Å². The van der Waals surface area contributed by atoms with Gasteiger partial charge in [0.2, 0.25) is 0 Å². The summed E-state index contributed by atoms with van der Waals surface area (Å²) in [6, 6.07) is 0. The number of nitrogens with zero attached hydrogens (tertiary/aromatic N) is 1. The summed E-state index contributed by atoms with van der Waals surface area (Å²) in [4.78, 5) is 2.56. The second kappa shape index (κ2) is 5.48. The van der Waals surface area contributed by atoms with Crippen molar-refractivity contribution < 1.29 is 4.74 Å². The van der Waals surface area contributed by atoms with E-state index < -0.39 is 0 Å². The van der Waals surface area contributed by atoms with Crippen molar-refractivity contribution in [1.82, 2.24) is 4.90 Å². The van der Waals surface area contributed by atoms with Crippen LogP contribution < -0.4 is 5.73 Å². The SMILES string of the molecule is CCC(CC)(CN)N1CCCC(C)(OC)C1. The number of piperidine rings is 1. The van der Waals surface area contributed by atoms with Gasteiger partial charge in [-0.25, -0.2) is 0 Å². The highest BCUT2D eigenvalue weighted by Gasteiger charge is 2.39. The number of rotatable bonds is 5. The van der Waals surface area contributed by atoms with Crippen LogP contribution in [0.4, 0.5) is 0 Å². The third-order valence-corrected chi connectivity index (χ3v) is 4.52. The van der Waals surface area contributed by atoms with E-state index in [0.717, 1.165) is 38.9 Å². The van der Waals surface area contributed by atoms with E-state index in [-0.39, 0.29) is 11.1 Å². The molecule has 1 atom stereocenters. The number of likely N-dealkylation sites (tertiary alicyclic amines) is 1. The molecule has 0 saturated carbocycles. The molecular weight excluding hydrogens is 200 g/mol. The Morgan fingerprint density at radius 1 is 1.38 bits per heavy atom. The standard InChI is InChI=1S/C13H28N2O/c1-5-13(6-2,10-14)15-9-7-8-12(3,11-15)16-4/h5-11,14H2,1-4H3. The molecule has 1 saturated heterocycles. The number of nitrogens with two attached hydrogens (primary N) is 1. The minimum absolute atomic E-state index is 0.0169. The minimum atomic E-state index is 0.0169. The van der Waals surface area contributed by atoms with Crippen LogP contribution in [0.3, 0.4) is 0 Å². The normalized spacial score (nSPS) is 28.3. The summed E-state index contributed by atoms with van der Waals surface area (Å²) in [5.74, 6) is 0. The average molecular weight is 228 g/mol. The topological polar surface area (TPSA) is 38.5 Å². The molecule has 0 aliphatic carbocycles. The van der Waals surface area contributed by atoms with Gasteiger partial charge >= 0.3 is 0 Å². The van der Waals surface area contributed by atoms with E-state index >= 15 is 0 Å². The highest BCUT2D eigenvalue weighted by atomic mass is 16.5. The predicted molar refractivity (Wildman–Crippen MR) is 68.6 cm³/mol. The molecule has 96 valence electrons. The van der Waals surface area contributed by atoms with Crippen molar-refractivity contribution in [3.63, 3.8) is 0 Å². The first-order valence-corrected chi connectivity index (χ1v) is 6.56. The lowest BCUT2D eigenvalue weighted by Gasteiger charge is -2.49. The van der Waals surface area contributed by atoms with Crippen molar-refractivity contribution in [2.45, 2.75) is 57.6 Å². The van der Waals surface area contributed by atoms with Gasteiger partial charge in [-0.1, -0.05) is 13.8 Å². The Labute approximate surface area is 100 Å². The highest BCUT2D eigenvalue weighted by molar-refractivity contribution is 4.96. The van der Waals surface area contributed by atoms with Crippen LogP contribution >= 0.6 is 0 Å².